The van der Waals surface area contributed by atoms with Gasteiger partial charge in [0.2, 0.25) is 6.79 Å². The van der Waals surface area contributed by atoms with Gasteiger partial charge in [0.1, 0.15) is 18.0 Å². The van der Waals surface area contributed by atoms with E-state index in [9.17, 15) is 5.11 Å². The van der Waals surface area contributed by atoms with Gasteiger partial charge in [-0.3, -0.25) is 0 Å². The highest BCUT2D eigenvalue weighted by Crippen LogP contribution is 2.43. The monoisotopic (exact) mass is 539 g/mol. The average molecular weight is 540 g/mol. The summed E-state index contributed by atoms with van der Waals surface area (Å²) in [6.07, 6.45) is -0.768. The molecule has 0 aromatic heterocycles. The number of phenols is 1. The lowest BCUT2D eigenvalue weighted by molar-refractivity contribution is -0.0862. The van der Waals surface area contributed by atoms with Gasteiger partial charge in [-0.15, -0.1) is 0 Å². The summed E-state index contributed by atoms with van der Waals surface area (Å²) in [5, 5.41) is 14.7. The quantitative estimate of drug-likeness (QED) is 0.260. The standard InChI is InChI=1S/C33H33NO6/c35-28-17-30-29(39-22-40-30)16-26(28)31-33(38-20-25-14-8-3-9-15-25)32(37-19-24-12-6-2-7-13-24)27(34-31)21-36-18-23-10-4-1-5-11-23/h1-17,27,31-35H,18-22H2/t27-,31-,32-,33-/m1/s1. The van der Waals surface area contributed by atoms with E-state index in [0.717, 1.165) is 16.7 Å². The third-order valence-electron chi connectivity index (χ3n) is 7.28. The van der Waals surface area contributed by atoms with Crippen molar-refractivity contribution in [2.75, 3.05) is 13.4 Å². The summed E-state index contributed by atoms with van der Waals surface area (Å²) >= 11 is 0. The Morgan fingerprint density at radius 3 is 1.80 bits per heavy atom. The minimum absolute atomic E-state index is 0.114. The van der Waals surface area contributed by atoms with Crippen LogP contribution in [0.4, 0.5) is 0 Å². The minimum atomic E-state index is -0.416. The molecule has 0 saturated carbocycles. The van der Waals surface area contributed by atoms with E-state index in [1.54, 1.807) is 6.07 Å². The van der Waals surface area contributed by atoms with Crippen molar-refractivity contribution >= 4 is 0 Å². The van der Waals surface area contributed by atoms with Crippen molar-refractivity contribution in [2.24, 2.45) is 0 Å². The van der Waals surface area contributed by atoms with Gasteiger partial charge in [-0.05, 0) is 22.8 Å². The second kappa shape index (κ2) is 12.5. The van der Waals surface area contributed by atoms with Crippen molar-refractivity contribution in [1.82, 2.24) is 5.32 Å². The molecular weight excluding hydrogens is 506 g/mol. The molecule has 0 aliphatic carbocycles. The molecule has 0 spiro atoms. The maximum absolute atomic E-state index is 11.0. The van der Waals surface area contributed by atoms with Crippen LogP contribution in [0.3, 0.4) is 0 Å². The summed E-state index contributed by atoms with van der Waals surface area (Å²) in [5.74, 6) is 1.24. The normalized spacial score (nSPS) is 21.5. The lowest BCUT2D eigenvalue weighted by Gasteiger charge is -2.27. The number of ether oxygens (including phenoxy) is 5. The first-order chi connectivity index (χ1) is 19.7. The number of rotatable bonds is 11. The van der Waals surface area contributed by atoms with Crippen LogP contribution >= 0.6 is 0 Å². The van der Waals surface area contributed by atoms with Crippen LogP contribution in [0.2, 0.25) is 0 Å². The zero-order valence-electron chi connectivity index (χ0n) is 22.1. The average Bonchev–Trinajstić information content (AvgIpc) is 3.59. The number of hydrogen-bond donors (Lipinski definition) is 2. The van der Waals surface area contributed by atoms with Crippen LogP contribution in [0.1, 0.15) is 28.3 Å². The second-order valence-corrected chi connectivity index (χ2v) is 10.0. The van der Waals surface area contributed by atoms with Crippen molar-refractivity contribution < 1.29 is 28.8 Å². The Morgan fingerprint density at radius 2 is 1.20 bits per heavy atom. The molecule has 2 heterocycles. The van der Waals surface area contributed by atoms with Crippen LogP contribution in [0.25, 0.3) is 0 Å². The van der Waals surface area contributed by atoms with E-state index in [1.165, 1.54) is 0 Å². The van der Waals surface area contributed by atoms with Gasteiger partial charge in [-0.25, -0.2) is 0 Å². The van der Waals surface area contributed by atoms with E-state index in [-0.39, 0.29) is 30.7 Å². The first-order valence-electron chi connectivity index (χ1n) is 13.6. The molecule has 2 aliphatic rings. The molecule has 6 rings (SSSR count). The number of phenolic OH excluding ortho intramolecular Hbond substituents is 1. The summed E-state index contributed by atoms with van der Waals surface area (Å²) in [6.45, 7) is 1.84. The Labute approximate surface area is 234 Å². The maximum atomic E-state index is 11.0. The smallest absolute Gasteiger partial charge is 0.231 e. The van der Waals surface area contributed by atoms with Gasteiger partial charge in [0.15, 0.2) is 11.5 Å². The zero-order valence-corrected chi connectivity index (χ0v) is 22.1. The lowest BCUT2D eigenvalue weighted by Crippen LogP contribution is -2.39. The molecule has 0 unspecified atom stereocenters. The Hall–Kier alpha value is -3.88. The van der Waals surface area contributed by atoms with Crippen LogP contribution in [0.15, 0.2) is 103 Å². The van der Waals surface area contributed by atoms with E-state index in [2.05, 4.69) is 5.32 Å². The predicted octanol–water partition coefficient (Wildman–Crippen LogP) is 5.52. The van der Waals surface area contributed by atoms with Gasteiger partial charge in [0, 0.05) is 11.6 Å². The Kier molecular flexibility index (Phi) is 8.25. The summed E-state index contributed by atoms with van der Waals surface area (Å²) in [6, 6.07) is 33.1. The van der Waals surface area contributed by atoms with E-state index in [4.69, 9.17) is 23.7 Å². The van der Waals surface area contributed by atoms with E-state index in [0.29, 0.717) is 43.5 Å². The fourth-order valence-electron chi connectivity index (χ4n) is 5.26. The molecular formula is C33H33NO6. The van der Waals surface area contributed by atoms with Gasteiger partial charge in [-0.1, -0.05) is 91.0 Å². The summed E-state index contributed by atoms with van der Waals surface area (Å²) in [4.78, 5) is 0. The van der Waals surface area contributed by atoms with Crippen LogP contribution in [-0.4, -0.2) is 36.8 Å². The van der Waals surface area contributed by atoms with Crippen LogP contribution in [-0.2, 0) is 34.0 Å². The van der Waals surface area contributed by atoms with Crippen molar-refractivity contribution in [2.45, 2.75) is 44.1 Å². The highest BCUT2D eigenvalue weighted by Gasteiger charge is 2.46. The van der Waals surface area contributed by atoms with Crippen molar-refractivity contribution in [3.63, 3.8) is 0 Å². The van der Waals surface area contributed by atoms with Crippen molar-refractivity contribution in [1.29, 1.82) is 0 Å². The molecule has 4 atom stereocenters. The second-order valence-electron chi connectivity index (χ2n) is 10.0. The van der Waals surface area contributed by atoms with E-state index < -0.39 is 6.10 Å². The molecule has 1 saturated heterocycles. The zero-order chi connectivity index (χ0) is 27.1. The molecule has 7 nitrogen and oxygen atoms in total. The van der Waals surface area contributed by atoms with E-state index in [1.807, 2.05) is 97.1 Å². The highest BCUT2D eigenvalue weighted by molar-refractivity contribution is 5.53. The van der Waals surface area contributed by atoms with Gasteiger partial charge in [0.05, 0.1) is 38.5 Å². The SMILES string of the molecule is Oc1cc2c(cc1[C@H]1N[C@H](COCc3ccccc3)[C@@H](OCc3ccccc3)[C@@H]1OCc1ccccc1)OCO2. The molecule has 2 N–H and O–H groups in total. The topological polar surface area (TPSA) is 78.4 Å². The van der Waals surface area contributed by atoms with Gasteiger partial charge in [-0.2, -0.15) is 0 Å². The first kappa shape index (κ1) is 26.3. The number of aromatic hydroxyl groups is 1. The molecule has 2 aliphatic heterocycles. The lowest BCUT2D eigenvalue weighted by atomic mass is 9.99. The van der Waals surface area contributed by atoms with Gasteiger partial charge < -0.3 is 34.1 Å². The summed E-state index contributed by atoms with van der Waals surface area (Å²) in [5.41, 5.74) is 3.90. The number of nitrogens with one attached hydrogen (secondary N) is 1. The largest absolute Gasteiger partial charge is 0.507 e. The fourth-order valence-corrected chi connectivity index (χ4v) is 5.26. The molecule has 1 fully saturated rings. The minimum Gasteiger partial charge on any atom is -0.507 e. The van der Waals surface area contributed by atoms with Crippen molar-refractivity contribution in [3.8, 4) is 17.2 Å². The Morgan fingerprint density at radius 1 is 0.675 bits per heavy atom. The molecule has 4 aromatic rings. The maximum Gasteiger partial charge on any atom is 0.231 e. The summed E-state index contributed by atoms with van der Waals surface area (Å²) < 4.78 is 30.5. The highest BCUT2D eigenvalue weighted by atomic mass is 16.7. The Bertz CT molecular complexity index is 1370. The molecule has 206 valence electrons. The molecule has 0 radical (unpaired) electrons. The van der Waals surface area contributed by atoms with Gasteiger partial charge >= 0.3 is 0 Å². The van der Waals surface area contributed by atoms with Gasteiger partial charge in [0.25, 0.3) is 0 Å². The van der Waals surface area contributed by atoms with Crippen molar-refractivity contribution in [3.05, 3.63) is 125 Å². The number of benzene rings is 4. The molecule has 0 bridgehead atoms. The van der Waals surface area contributed by atoms with E-state index >= 15 is 0 Å². The fraction of sp³-hybridized carbons (Fsp3) is 0.273. The van der Waals surface area contributed by atoms with Crippen LogP contribution < -0.4 is 14.8 Å². The molecule has 7 heteroatoms. The number of hydrogen-bond acceptors (Lipinski definition) is 7. The number of fused-ring (bicyclic) bond motifs is 1. The van der Waals surface area contributed by atoms with Crippen LogP contribution in [0, 0.1) is 0 Å². The first-order valence-corrected chi connectivity index (χ1v) is 13.6. The molecule has 0 amide bonds. The predicted molar refractivity (Wildman–Crippen MR) is 150 cm³/mol. The molecule has 4 aromatic carbocycles. The molecule has 40 heavy (non-hydrogen) atoms. The summed E-state index contributed by atoms with van der Waals surface area (Å²) in [7, 11) is 0. The Balaban J connectivity index is 1.28. The van der Waals surface area contributed by atoms with Crippen LogP contribution in [0.5, 0.6) is 17.2 Å². The third kappa shape index (κ3) is 6.13. The third-order valence-corrected chi connectivity index (χ3v) is 7.28.